The maximum atomic E-state index is 11.8. The van der Waals surface area contributed by atoms with Gasteiger partial charge in [-0.2, -0.15) is 0 Å². The zero-order valence-electron chi connectivity index (χ0n) is 14.0. The van der Waals surface area contributed by atoms with Gasteiger partial charge >= 0.3 is 5.97 Å². The number of nitrogens with one attached hydrogen (secondary N) is 1. The SMILES string of the molecule is CNS(=O)(=O)c1ccc(N2CC(CC(=O)OC(C)(C)C)C2)cc1. The molecule has 0 aromatic heterocycles. The third-order valence-electron chi connectivity index (χ3n) is 3.61. The van der Waals surface area contributed by atoms with Crippen LogP contribution in [0.25, 0.3) is 0 Å². The normalized spacial score (nSPS) is 16.1. The molecule has 0 amide bonds. The van der Waals surface area contributed by atoms with Gasteiger partial charge in [-0.15, -0.1) is 0 Å². The largest absolute Gasteiger partial charge is 0.460 e. The monoisotopic (exact) mass is 340 g/mol. The van der Waals surface area contributed by atoms with Crippen molar-refractivity contribution in [2.75, 3.05) is 25.0 Å². The van der Waals surface area contributed by atoms with Gasteiger partial charge in [0.15, 0.2) is 0 Å². The van der Waals surface area contributed by atoms with Gasteiger partial charge in [0.2, 0.25) is 10.0 Å². The molecule has 0 bridgehead atoms. The van der Waals surface area contributed by atoms with E-state index in [1.54, 1.807) is 24.3 Å². The molecule has 0 spiro atoms. The Kier molecular flexibility index (Phi) is 5.01. The van der Waals surface area contributed by atoms with E-state index in [0.717, 1.165) is 18.8 Å². The van der Waals surface area contributed by atoms with Crippen molar-refractivity contribution in [2.24, 2.45) is 5.92 Å². The van der Waals surface area contributed by atoms with Crippen molar-refractivity contribution < 1.29 is 17.9 Å². The molecule has 0 radical (unpaired) electrons. The number of benzene rings is 1. The summed E-state index contributed by atoms with van der Waals surface area (Å²) < 4.78 is 31.0. The Morgan fingerprint density at radius 3 is 2.30 bits per heavy atom. The summed E-state index contributed by atoms with van der Waals surface area (Å²) in [7, 11) is -2.01. The summed E-state index contributed by atoms with van der Waals surface area (Å²) in [6, 6.07) is 6.74. The van der Waals surface area contributed by atoms with Crippen LogP contribution < -0.4 is 9.62 Å². The summed E-state index contributed by atoms with van der Waals surface area (Å²) in [5, 5.41) is 0. The van der Waals surface area contributed by atoms with Crippen LogP contribution in [0.4, 0.5) is 5.69 Å². The van der Waals surface area contributed by atoms with E-state index in [2.05, 4.69) is 9.62 Å². The molecule has 1 fully saturated rings. The lowest BCUT2D eigenvalue weighted by atomic mass is 9.95. The number of ether oxygens (including phenoxy) is 1. The molecule has 1 saturated heterocycles. The van der Waals surface area contributed by atoms with Crippen LogP contribution in [-0.4, -0.2) is 40.1 Å². The summed E-state index contributed by atoms with van der Waals surface area (Å²) in [5.74, 6) is 0.114. The maximum Gasteiger partial charge on any atom is 0.306 e. The zero-order chi connectivity index (χ0) is 17.3. The van der Waals surface area contributed by atoms with Crippen LogP contribution in [0, 0.1) is 5.92 Å². The van der Waals surface area contributed by atoms with E-state index in [1.807, 2.05) is 20.8 Å². The smallest absolute Gasteiger partial charge is 0.306 e. The standard InChI is InChI=1S/C16H24N2O4S/c1-16(2,3)22-15(19)9-12-10-18(11-12)13-5-7-14(8-6-13)23(20,21)17-4/h5-8,12,17H,9-11H2,1-4H3. The predicted molar refractivity (Wildman–Crippen MR) is 88.9 cm³/mol. The van der Waals surface area contributed by atoms with Crippen LogP contribution in [0.15, 0.2) is 29.2 Å². The molecule has 1 aromatic carbocycles. The number of hydrogen-bond acceptors (Lipinski definition) is 5. The molecule has 0 saturated carbocycles. The summed E-state index contributed by atoms with van der Waals surface area (Å²) in [6.07, 6.45) is 0.417. The second-order valence-electron chi connectivity index (χ2n) is 6.76. The van der Waals surface area contributed by atoms with Gasteiger partial charge in [0, 0.05) is 24.7 Å². The Morgan fingerprint density at radius 1 is 1.26 bits per heavy atom. The number of anilines is 1. The van der Waals surface area contributed by atoms with Gasteiger partial charge in [-0.05, 0) is 52.1 Å². The molecule has 0 unspecified atom stereocenters. The third kappa shape index (κ3) is 4.68. The van der Waals surface area contributed by atoms with E-state index in [0.29, 0.717) is 6.42 Å². The molecule has 7 heteroatoms. The predicted octanol–water partition coefficient (Wildman–Crippen LogP) is 1.76. The number of nitrogens with zero attached hydrogens (tertiary/aromatic N) is 1. The number of carbonyl (C=O) groups excluding carboxylic acids is 1. The lowest BCUT2D eigenvalue weighted by Gasteiger charge is -2.41. The van der Waals surface area contributed by atoms with Gasteiger partial charge in [0.25, 0.3) is 0 Å². The van der Waals surface area contributed by atoms with Gasteiger partial charge in [-0.1, -0.05) is 0 Å². The minimum absolute atomic E-state index is 0.169. The Morgan fingerprint density at radius 2 is 1.83 bits per heavy atom. The van der Waals surface area contributed by atoms with Gasteiger partial charge in [-0.25, -0.2) is 13.1 Å². The summed E-state index contributed by atoms with van der Waals surface area (Å²) in [6.45, 7) is 7.13. The van der Waals surface area contributed by atoms with E-state index in [-0.39, 0.29) is 16.8 Å². The van der Waals surface area contributed by atoms with Gasteiger partial charge in [0.05, 0.1) is 11.3 Å². The van der Waals surface area contributed by atoms with E-state index in [4.69, 9.17) is 4.74 Å². The fourth-order valence-electron chi connectivity index (χ4n) is 2.48. The average Bonchev–Trinajstić information content (AvgIpc) is 2.40. The van der Waals surface area contributed by atoms with E-state index in [9.17, 15) is 13.2 Å². The second-order valence-corrected chi connectivity index (χ2v) is 8.65. The molecule has 23 heavy (non-hydrogen) atoms. The highest BCUT2D eigenvalue weighted by molar-refractivity contribution is 7.89. The van der Waals surface area contributed by atoms with Crippen molar-refractivity contribution in [3.63, 3.8) is 0 Å². The molecule has 1 aromatic rings. The van der Waals surface area contributed by atoms with Crippen molar-refractivity contribution in [2.45, 2.75) is 37.7 Å². The number of rotatable bonds is 5. The maximum absolute atomic E-state index is 11.8. The van der Waals surface area contributed by atoms with Crippen LogP contribution in [0.1, 0.15) is 27.2 Å². The Labute approximate surface area is 137 Å². The van der Waals surface area contributed by atoms with Crippen molar-refractivity contribution in [1.29, 1.82) is 0 Å². The van der Waals surface area contributed by atoms with Gasteiger partial charge < -0.3 is 9.64 Å². The highest BCUT2D eigenvalue weighted by Gasteiger charge is 2.30. The van der Waals surface area contributed by atoms with Gasteiger partial charge in [0.1, 0.15) is 5.60 Å². The van der Waals surface area contributed by atoms with Crippen LogP contribution >= 0.6 is 0 Å². The highest BCUT2D eigenvalue weighted by atomic mass is 32.2. The molecule has 1 N–H and O–H groups in total. The minimum Gasteiger partial charge on any atom is -0.460 e. The Bertz CT molecular complexity index is 656. The fourth-order valence-corrected chi connectivity index (χ4v) is 3.21. The number of esters is 1. The third-order valence-corrected chi connectivity index (χ3v) is 5.04. The van der Waals surface area contributed by atoms with E-state index >= 15 is 0 Å². The first-order chi connectivity index (χ1) is 10.6. The minimum atomic E-state index is -3.40. The molecule has 0 aliphatic carbocycles. The van der Waals surface area contributed by atoms with Crippen LogP contribution in [-0.2, 0) is 19.6 Å². The molecular weight excluding hydrogens is 316 g/mol. The molecule has 1 aliphatic heterocycles. The van der Waals surface area contributed by atoms with E-state index in [1.165, 1.54) is 7.05 Å². The fraction of sp³-hybridized carbons (Fsp3) is 0.562. The summed E-state index contributed by atoms with van der Waals surface area (Å²) in [5.41, 5.74) is 0.510. The molecule has 1 aliphatic rings. The molecule has 128 valence electrons. The first-order valence-corrected chi connectivity index (χ1v) is 9.09. The molecule has 6 nitrogen and oxygen atoms in total. The van der Waals surface area contributed by atoms with Crippen molar-refractivity contribution in [1.82, 2.24) is 4.72 Å². The molecule has 2 rings (SSSR count). The topological polar surface area (TPSA) is 75.7 Å². The average molecular weight is 340 g/mol. The zero-order valence-corrected chi connectivity index (χ0v) is 14.8. The second kappa shape index (κ2) is 6.49. The number of carbonyl (C=O) groups is 1. The number of sulfonamides is 1. The summed E-state index contributed by atoms with van der Waals surface area (Å²) in [4.78, 5) is 14.1. The highest BCUT2D eigenvalue weighted by Crippen LogP contribution is 2.28. The van der Waals surface area contributed by atoms with Gasteiger partial charge in [-0.3, -0.25) is 4.79 Å². The molecular formula is C16H24N2O4S. The lowest BCUT2D eigenvalue weighted by Crippen LogP contribution is -2.48. The molecule has 1 heterocycles. The number of hydrogen-bond donors (Lipinski definition) is 1. The first-order valence-electron chi connectivity index (χ1n) is 7.61. The first kappa shape index (κ1) is 17.7. The molecule has 0 atom stereocenters. The van der Waals surface area contributed by atoms with Crippen LogP contribution in [0.2, 0.25) is 0 Å². The summed E-state index contributed by atoms with van der Waals surface area (Å²) >= 11 is 0. The van der Waals surface area contributed by atoms with Crippen LogP contribution in [0.3, 0.4) is 0 Å². The Balaban J connectivity index is 1.87. The van der Waals surface area contributed by atoms with Crippen molar-refractivity contribution >= 4 is 21.7 Å². The Hall–Kier alpha value is -1.60. The lowest BCUT2D eigenvalue weighted by molar-refractivity contribution is -0.156. The van der Waals surface area contributed by atoms with E-state index < -0.39 is 15.6 Å². The van der Waals surface area contributed by atoms with Crippen molar-refractivity contribution in [3.8, 4) is 0 Å². The van der Waals surface area contributed by atoms with Crippen LogP contribution in [0.5, 0.6) is 0 Å². The quantitative estimate of drug-likeness (QED) is 0.827. The van der Waals surface area contributed by atoms with Crippen molar-refractivity contribution in [3.05, 3.63) is 24.3 Å².